The van der Waals surface area contributed by atoms with E-state index in [1.807, 2.05) is 18.2 Å². The molecule has 2 aromatic carbocycles. The highest BCUT2D eigenvalue weighted by Crippen LogP contribution is 2.14. The largest absolute Gasteiger partial charge is 0.296 e. The van der Waals surface area contributed by atoms with Gasteiger partial charge in [0.25, 0.3) is 0 Å². The zero-order chi connectivity index (χ0) is 17.7. The molecule has 3 rings (SSSR count). The minimum atomic E-state index is -3.35. The lowest BCUT2D eigenvalue weighted by molar-refractivity contribution is 0.181. The molecule has 1 aliphatic rings. The second-order valence-electron chi connectivity index (χ2n) is 6.32. The Morgan fingerprint density at radius 2 is 1.52 bits per heavy atom. The van der Waals surface area contributed by atoms with Crippen LogP contribution in [-0.2, 0) is 23.0 Å². The highest BCUT2D eigenvalue weighted by Gasteiger charge is 2.26. The molecule has 1 aliphatic heterocycles. The number of hydrogen-bond donors (Lipinski definition) is 0. The summed E-state index contributed by atoms with van der Waals surface area (Å²) in [4.78, 5) is 2.26. The topological polar surface area (TPSA) is 40.6 Å². The Morgan fingerprint density at radius 1 is 0.880 bits per heavy atom. The maximum atomic E-state index is 13.7. The average Bonchev–Trinajstić information content (AvgIpc) is 2.62. The van der Waals surface area contributed by atoms with Crippen molar-refractivity contribution in [3.63, 3.8) is 0 Å². The summed E-state index contributed by atoms with van der Waals surface area (Å²) in [6.45, 7) is 3.25. The Balaban J connectivity index is 1.52. The van der Waals surface area contributed by atoms with Gasteiger partial charge in [0.1, 0.15) is 5.82 Å². The normalized spacial score (nSPS) is 16.8. The predicted molar refractivity (Wildman–Crippen MR) is 97.2 cm³/mol. The maximum Gasteiger partial charge on any atom is 0.214 e. The fourth-order valence-corrected chi connectivity index (χ4v) is 4.53. The van der Waals surface area contributed by atoms with Gasteiger partial charge in [0.05, 0.1) is 5.75 Å². The summed E-state index contributed by atoms with van der Waals surface area (Å²) >= 11 is 0. The third-order valence-electron chi connectivity index (χ3n) is 4.56. The Hall–Kier alpha value is -1.76. The number of benzene rings is 2. The third-order valence-corrected chi connectivity index (χ3v) is 6.43. The van der Waals surface area contributed by atoms with E-state index >= 15 is 0 Å². The molecule has 1 saturated heterocycles. The Labute approximate surface area is 148 Å². The summed E-state index contributed by atoms with van der Waals surface area (Å²) in [5.41, 5.74) is 1.69. The van der Waals surface area contributed by atoms with E-state index < -0.39 is 10.0 Å². The number of hydrogen-bond acceptors (Lipinski definition) is 3. The fraction of sp³-hybridized carbons (Fsp3) is 0.368. The van der Waals surface area contributed by atoms with Crippen LogP contribution in [0, 0.1) is 5.82 Å². The minimum Gasteiger partial charge on any atom is -0.296 e. The molecule has 0 unspecified atom stereocenters. The van der Waals surface area contributed by atoms with E-state index in [1.165, 1.54) is 15.9 Å². The van der Waals surface area contributed by atoms with E-state index in [0.29, 0.717) is 31.7 Å². The van der Waals surface area contributed by atoms with Crippen molar-refractivity contribution in [3.8, 4) is 0 Å². The van der Waals surface area contributed by atoms with Gasteiger partial charge >= 0.3 is 0 Å². The average molecular weight is 362 g/mol. The first kappa shape index (κ1) is 18.0. The standard InChI is InChI=1S/C19H23FN2O2S/c20-19-9-5-4-8-18(19)10-15-25(23,24)22-13-11-21(12-14-22)16-17-6-2-1-3-7-17/h1-9H,10-16H2. The van der Waals surface area contributed by atoms with Crippen molar-refractivity contribution in [1.29, 1.82) is 0 Å². The predicted octanol–water partition coefficient (Wildman–Crippen LogP) is 2.52. The summed E-state index contributed by atoms with van der Waals surface area (Å²) in [5, 5.41) is 0. The summed E-state index contributed by atoms with van der Waals surface area (Å²) in [7, 11) is -3.35. The quantitative estimate of drug-likeness (QED) is 0.793. The lowest BCUT2D eigenvalue weighted by atomic mass is 10.2. The highest BCUT2D eigenvalue weighted by atomic mass is 32.2. The molecule has 0 aliphatic carbocycles. The molecule has 1 fully saturated rings. The summed E-state index contributed by atoms with van der Waals surface area (Å²) in [6, 6.07) is 16.5. The Bertz CT molecular complexity index is 788. The monoisotopic (exact) mass is 362 g/mol. The first-order chi connectivity index (χ1) is 12.0. The first-order valence-corrected chi connectivity index (χ1v) is 10.1. The van der Waals surface area contributed by atoms with E-state index in [0.717, 1.165) is 6.54 Å². The van der Waals surface area contributed by atoms with E-state index in [-0.39, 0.29) is 18.0 Å². The number of aryl methyl sites for hydroxylation is 1. The fourth-order valence-electron chi connectivity index (χ4n) is 3.08. The van der Waals surface area contributed by atoms with Gasteiger partial charge in [0.15, 0.2) is 0 Å². The molecule has 4 nitrogen and oxygen atoms in total. The van der Waals surface area contributed by atoms with Gasteiger partial charge < -0.3 is 0 Å². The van der Waals surface area contributed by atoms with Crippen LogP contribution in [0.15, 0.2) is 54.6 Å². The molecular formula is C19H23FN2O2S. The molecule has 6 heteroatoms. The van der Waals surface area contributed by atoms with Crippen molar-refractivity contribution in [2.45, 2.75) is 13.0 Å². The third kappa shape index (κ3) is 4.87. The van der Waals surface area contributed by atoms with Crippen LogP contribution in [-0.4, -0.2) is 49.6 Å². The van der Waals surface area contributed by atoms with Gasteiger partial charge in [-0.2, -0.15) is 4.31 Å². The van der Waals surface area contributed by atoms with E-state index in [1.54, 1.807) is 18.2 Å². The van der Waals surface area contributed by atoms with Gasteiger partial charge in [0.2, 0.25) is 10.0 Å². The number of halogens is 1. The molecular weight excluding hydrogens is 339 g/mol. The number of piperazine rings is 1. The van der Waals surface area contributed by atoms with E-state index in [9.17, 15) is 12.8 Å². The van der Waals surface area contributed by atoms with Crippen LogP contribution in [0.3, 0.4) is 0 Å². The Morgan fingerprint density at radius 3 is 2.20 bits per heavy atom. The summed E-state index contributed by atoms with van der Waals surface area (Å²) < 4.78 is 40.2. The lowest BCUT2D eigenvalue weighted by Gasteiger charge is -2.34. The van der Waals surface area contributed by atoms with Gasteiger partial charge in [-0.05, 0) is 23.6 Å². The molecule has 0 saturated carbocycles. The van der Waals surface area contributed by atoms with Crippen LogP contribution >= 0.6 is 0 Å². The van der Waals surface area contributed by atoms with Crippen LogP contribution in [0.5, 0.6) is 0 Å². The second kappa shape index (κ2) is 8.08. The molecule has 0 bridgehead atoms. The molecule has 134 valence electrons. The van der Waals surface area contributed by atoms with Crippen LogP contribution in [0.1, 0.15) is 11.1 Å². The number of sulfonamides is 1. The molecule has 0 N–H and O–H groups in total. The van der Waals surface area contributed by atoms with Crippen molar-refractivity contribution >= 4 is 10.0 Å². The van der Waals surface area contributed by atoms with E-state index in [2.05, 4.69) is 17.0 Å². The van der Waals surface area contributed by atoms with Crippen LogP contribution in [0.4, 0.5) is 4.39 Å². The van der Waals surface area contributed by atoms with Crippen molar-refractivity contribution in [1.82, 2.24) is 9.21 Å². The maximum absolute atomic E-state index is 13.7. The van der Waals surface area contributed by atoms with Gasteiger partial charge in [-0.3, -0.25) is 4.90 Å². The van der Waals surface area contributed by atoms with Gasteiger partial charge in [-0.1, -0.05) is 48.5 Å². The first-order valence-electron chi connectivity index (χ1n) is 8.52. The molecule has 0 atom stereocenters. The Kier molecular flexibility index (Phi) is 5.83. The minimum absolute atomic E-state index is 0.0490. The van der Waals surface area contributed by atoms with Crippen LogP contribution in [0.2, 0.25) is 0 Å². The summed E-state index contributed by atoms with van der Waals surface area (Å²) in [5.74, 6) is -0.391. The van der Waals surface area contributed by atoms with Gasteiger partial charge in [0, 0.05) is 32.7 Å². The smallest absolute Gasteiger partial charge is 0.214 e. The highest BCUT2D eigenvalue weighted by molar-refractivity contribution is 7.89. The van der Waals surface area contributed by atoms with Crippen molar-refractivity contribution in [3.05, 3.63) is 71.5 Å². The number of rotatable bonds is 6. The second-order valence-corrected chi connectivity index (χ2v) is 8.41. The van der Waals surface area contributed by atoms with Crippen molar-refractivity contribution in [2.75, 3.05) is 31.9 Å². The van der Waals surface area contributed by atoms with Crippen LogP contribution in [0.25, 0.3) is 0 Å². The lowest BCUT2D eigenvalue weighted by Crippen LogP contribution is -2.49. The van der Waals surface area contributed by atoms with E-state index in [4.69, 9.17) is 0 Å². The molecule has 0 spiro atoms. The van der Waals surface area contributed by atoms with Crippen LogP contribution < -0.4 is 0 Å². The molecule has 25 heavy (non-hydrogen) atoms. The van der Waals surface area contributed by atoms with Crippen molar-refractivity contribution in [2.24, 2.45) is 0 Å². The molecule has 0 radical (unpaired) electrons. The van der Waals surface area contributed by atoms with Gasteiger partial charge in [-0.25, -0.2) is 12.8 Å². The number of nitrogens with zero attached hydrogens (tertiary/aromatic N) is 2. The molecule has 2 aromatic rings. The molecule has 0 amide bonds. The SMILES string of the molecule is O=S(=O)(CCc1ccccc1F)N1CCN(Cc2ccccc2)CC1. The molecule has 1 heterocycles. The zero-order valence-electron chi connectivity index (χ0n) is 14.1. The summed E-state index contributed by atoms with van der Waals surface area (Å²) in [6.07, 6.45) is 0.208. The van der Waals surface area contributed by atoms with Gasteiger partial charge in [-0.15, -0.1) is 0 Å². The molecule has 0 aromatic heterocycles. The zero-order valence-corrected chi connectivity index (χ0v) is 15.0. The van der Waals surface area contributed by atoms with Crippen molar-refractivity contribution < 1.29 is 12.8 Å².